The van der Waals surface area contributed by atoms with Gasteiger partial charge in [0.25, 0.3) is 0 Å². The van der Waals surface area contributed by atoms with Crippen LogP contribution in [0.25, 0.3) is 11.0 Å². The van der Waals surface area contributed by atoms with Crippen molar-refractivity contribution in [1.82, 2.24) is 20.2 Å². The van der Waals surface area contributed by atoms with E-state index in [9.17, 15) is 0 Å². The van der Waals surface area contributed by atoms with Crippen LogP contribution in [-0.2, 0) is 4.74 Å². The Morgan fingerprint density at radius 3 is 2.74 bits per heavy atom. The monoisotopic (exact) mass is 279 g/mol. The molecule has 0 saturated carbocycles. The van der Waals surface area contributed by atoms with E-state index >= 15 is 0 Å². The molecule has 102 valence electrons. The third-order valence-corrected chi connectivity index (χ3v) is 3.90. The van der Waals surface area contributed by atoms with Crippen LogP contribution in [0.2, 0.25) is 0 Å². The van der Waals surface area contributed by atoms with Crippen molar-refractivity contribution in [3.63, 3.8) is 0 Å². The number of hydrogen-bond acceptors (Lipinski definition) is 6. The minimum atomic E-state index is 0.207. The van der Waals surface area contributed by atoms with Crippen molar-refractivity contribution < 1.29 is 4.74 Å². The fourth-order valence-corrected chi connectivity index (χ4v) is 3.08. The maximum absolute atomic E-state index is 5.77. The van der Waals surface area contributed by atoms with Gasteiger partial charge in [0.1, 0.15) is 17.2 Å². The number of ether oxygens (including phenoxy) is 1. The molecule has 0 aliphatic carbocycles. The van der Waals surface area contributed by atoms with Crippen LogP contribution in [0, 0.1) is 0 Å². The number of nitrogens with zero attached hydrogens (tertiary/aromatic N) is 4. The third kappa shape index (κ3) is 2.28. The van der Waals surface area contributed by atoms with Gasteiger partial charge < -0.3 is 9.64 Å². The van der Waals surface area contributed by atoms with Crippen molar-refractivity contribution in [2.24, 2.45) is 0 Å². The lowest BCUT2D eigenvalue weighted by molar-refractivity contribution is -0.00537. The molecule has 0 aromatic carbocycles. The highest BCUT2D eigenvalue weighted by atomic mass is 32.2. The Bertz CT molecular complexity index is 577. The molecule has 1 N–H and O–H groups in total. The van der Waals surface area contributed by atoms with Crippen molar-refractivity contribution in [2.45, 2.75) is 31.1 Å². The lowest BCUT2D eigenvalue weighted by Gasteiger charge is -2.36. The second-order valence-electron chi connectivity index (χ2n) is 4.82. The van der Waals surface area contributed by atoms with Crippen molar-refractivity contribution in [3.8, 4) is 0 Å². The van der Waals surface area contributed by atoms with Crippen molar-refractivity contribution in [3.05, 3.63) is 6.33 Å². The topological polar surface area (TPSA) is 66.9 Å². The number of thioether (sulfide) groups is 1. The number of rotatable bonds is 2. The number of morpholine rings is 1. The Balaban J connectivity index is 2.06. The van der Waals surface area contributed by atoms with E-state index in [4.69, 9.17) is 4.74 Å². The van der Waals surface area contributed by atoms with Gasteiger partial charge >= 0.3 is 0 Å². The Labute approximate surface area is 115 Å². The first kappa shape index (κ1) is 12.7. The molecule has 3 heterocycles. The first-order valence-corrected chi connectivity index (χ1v) is 7.55. The SMILES string of the molecule is CSc1n[nH]c2ncnc(N3CC(C)OC(C)C3)c12. The number of aromatic amines is 1. The molecule has 19 heavy (non-hydrogen) atoms. The van der Waals surface area contributed by atoms with Crippen molar-refractivity contribution in [1.29, 1.82) is 0 Å². The van der Waals surface area contributed by atoms with Crippen LogP contribution < -0.4 is 4.90 Å². The number of nitrogens with one attached hydrogen (secondary N) is 1. The molecule has 0 amide bonds. The summed E-state index contributed by atoms with van der Waals surface area (Å²) in [5.74, 6) is 0.949. The molecule has 2 unspecified atom stereocenters. The summed E-state index contributed by atoms with van der Waals surface area (Å²) in [6.07, 6.45) is 4.01. The zero-order chi connectivity index (χ0) is 13.4. The summed E-state index contributed by atoms with van der Waals surface area (Å²) in [4.78, 5) is 11.0. The van der Waals surface area contributed by atoms with Gasteiger partial charge in [-0.1, -0.05) is 0 Å². The molecule has 2 atom stereocenters. The van der Waals surface area contributed by atoms with Gasteiger partial charge in [0.15, 0.2) is 5.65 Å². The number of fused-ring (bicyclic) bond motifs is 1. The summed E-state index contributed by atoms with van der Waals surface area (Å²) in [6.45, 7) is 5.86. The molecule has 1 fully saturated rings. The van der Waals surface area contributed by atoms with E-state index in [1.165, 1.54) is 0 Å². The molecule has 3 rings (SSSR count). The lowest BCUT2D eigenvalue weighted by atomic mass is 10.2. The highest BCUT2D eigenvalue weighted by Gasteiger charge is 2.26. The average molecular weight is 279 g/mol. The quantitative estimate of drug-likeness (QED) is 0.844. The zero-order valence-corrected chi connectivity index (χ0v) is 12.1. The van der Waals surface area contributed by atoms with Crippen LogP contribution in [0.5, 0.6) is 0 Å². The Morgan fingerprint density at radius 2 is 2.05 bits per heavy atom. The van der Waals surface area contributed by atoms with Crippen LogP contribution in [0.4, 0.5) is 5.82 Å². The van der Waals surface area contributed by atoms with Gasteiger partial charge in [0.05, 0.1) is 17.6 Å². The number of aromatic nitrogens is 4. The van der Waals surface area contributed by atoms with Crippen LogP contribution in [-0.4, -0.2) is 51.7 Å². The normalized spacial score (nSPS) is 24.1. The Kier molecular flexibility index (Phi) is 3.32. The average Bonchev–Trinajstić information content (AvgIpc) is 2.80. The summed E-state index contributed by atoms with van der Waals surface area (Å²) in [5.41, 5.74) is 0.793. The fraction of sp³-hybridized carbons (Fsp3) is 0.583. The van der Waals surface area contributed by atoms with Gasteiger partial charge in [-0.25, -0.2) is 9.97 Å². The van der Waals surface area contributed by atoms with Crippen LogP contribution in [0.15, 0.2) is 11.4 Å². The van der Waals surface area contributed by atoms with Gasteiger partial charge in [-0.15, -0.1) is 11.8 Å². The standard InChI is InChI=1S/C12H17N5OS/c1-7-4-17(5-8(2)18-7)11-9-10(13-6-14-11)15-16-12(9)19-3/h6-8H,4-5H2,1-3H3,(H,13,14,15,16). The maximum Gasteiger partial charge on any atom is 0.161 e. The molecule has 1 aliphatic heterocycles. The summed E-state index contributed by atoms with van der Waals surface area (Å²) in [5, 5.41) is 9.20. The molecular weight excluding hydrogens is 262 g/mol. The molecule has 1 saturated heterocycles. The van der Waals surface area contributed by atoms with Gasteiger partial charge in [-0.05, 0) is 20.1 Å². The van der Waals surface area contributed by atoms with E-state index in [0.717, 1.165) is 35.0 Å². The zero-order valence-electron chi connectivity index (χ0n) is 11.3. The van der Waals surface area contributed by atoms with Crippen LogP contribution in [0.1, 0.15) is 13.8 Å². The molecular formula is C12H17N5OS. The highest BCUT2D eigenvalue weighted by molar-refractivity contribution is 7.98. The molecule has 2 aromatic heterocycles. The number of anilines is 1. The lowest BCUT2D eigenvalue weighted by Crippen LogP contribution is -2.45. The maximum atomic E-state index is 5.77. The summed E-state index contributed by atoms with van der Waals surface area (Å²) >= 11 is 1.60. The molecule has 1 aliphatic rings. The van der Waals surface area contributed by atoms with Crippen molar-refractivity contribution in [2.75, 3.05) is 24.2 Å². The summed E-state index contributed by atoms with van der Waals surface area (Å²) < 4.78 is 5.77. The highest BCUT2D eigenvalue weighted by Crippen LogP contribution is 2.31. The van der Waals surface area contributed by atoms with E-state index in [0.29, 0.717) is 0 Å². The fourth-order valence-electron chi connectivity index (χ4n) is 2.56. The predicted molar refractivity (Wildman–Crippen MR) is 75.7 cm³/mol. The number of hydrogen-bond donors (Lipinski definition) is 1. The van der Waals surface area contributed by atoms with Gasteiger partial charge in [-0.2, -0.15) is 5.10 Å². The molecule has 0 bridgehead atoms. The minimum Gasteiger partial charge on any atom is -0.372 e. The van der Waals surface area contributed by atoms with E-state index in [1.54, 1.807) is 18.1 Å². The Hall–Kier alpha value is -1.34. The Morgan fingerprint density at radius 1 is 1.32 bits per heavy atom. The second-order valence-corrected chi connectivity index (χ2v) is 5.61. The molecule has 2 aromatic rings. The molecule has 7 heteroatoms. The summed E-state index contributed by atoms with van der Waals surface area (Å²) in [7, 11) is 0. The first-order valence-electron chi connectivity index (χ1n) is 6.32. The van der Waals surface area contributed by atoms with Crippen LogP contribution in [0.3, 0.4) is 0 Å². The van der Waals surface area contributed by atoms with E-state index < -0.39 is 0 Å². The predicted octanol–water partition coefficient (Wildman–Crippen LogP) is 1.69. The smallest absolute Gasteiger partial charge is 0.161 e. The van der Waals surface area contributed by atoms with E-state index in [2.05, 4.69) is 38.9 Å². The van der Waals surface area contributed by atoms with Gasteiger partial charge in [-0.3, -0.25) is 5.10 Å². The van der Waals surface area contributed by atoms with Gasteiger partial charge in [0.2, 0.25) is 0 Å². The molecule has 0 spiro atoms. The van der Waals surface area contributed by atoms with E-state index in [-0.39, 0.29) is 12.2 Å². The third-order valence-electron chi connectivity index (χ3n) is 3.22. The number of H-pyrrole nitrogens is 1. The van der Waals surface area contributed by atoms with Crippen LogP contribution >= 0.6 is 11.8 Å². The largest absolute Gasteiger partial charge is 0.372 e. The van der Waals surface area contributed by atoms with Crippen molar-refractivity contribution >= 4 is 28.6 Å². The van der Waals surface area contributed by atoms with Gasteiger partial charge in [0, 0.05) is 13.1 Å². The van der Waals surface area contributed by atoms with E-state index in [1.807, 2.05) is 6.26 Å². The molecule has 0 radical (unpaired) electrons. The first-order chi connectivity index (χ1) is 9.19. The second kappa shape index (κ2) is 4.97. The summed E-state index contributed by atoms with van der Waals surface area (Å²) in [6, 6.07) is 0. The molecule has 6 nitrogen and oxygen atoms in total. The minimum absolute atomic E-state index is 0.207.